The molecule has 3 aromatic rings. The summed E-state index contributed by atoms with van der Waals surface area (Å²) in [6.07, 6.45) is 4.30. The molecule has 0 nitrogen and oxygen atoms in total. The molecule has 0 radical (unpaired) electrons. The van der Waals surface area contributed by atoms with Crippen LogP contribution in [0, 0.1) is 17.8 Å². The predicted molar refractivity (Wildman–Crippen MR) is 141 cm³/mol. The molecule has 168 valence electrons. The Balaban J connectivity index is 1.83. The molecule has 32 heavy (non-hydrogen) atoms. The summed E-state index contributed by atoms with van der Waals surface area (Å²) in [6, 6.07) is 34.4. The van der Waals surface area contributed by atoms with Crippen molar-refractivity contribution in [3.8, 4) is 0 Å². The van der Waals surface area contributed by atoms with Crippen LogP contribution in [0.5, 0.6) is 0 Å². The first-order valence-electron chi connectivity index (χ1n) is 12.7. The summed E-state index contributed by atoms with van der Waals surface area (Å²) in [6.45, 7) is 7.52. The van der Waals surface area contributed by atoms with Gasteiger partial charge in [-0.05, 0) is 0 Å². The fourth-order valence-corrected chi connectivity index (χ4v) is 25.5. The Morgan fingerprint density at radius 2 is 1.06 bits per heavy atom. The second-order valence-corrected chi connectivity index (χ2v) is 23.7. The van der Waals surface area contributed by atoms with Gasteiger partial charge in [-0.1, -0.05) is 0 Å². The molecule has 1 heteroatoms. The van der Waals surface area contributed by atoms with E-state index in [4.69, 9.17) is 0 Å². The fraction of sp³-hybridized carbons (Fsp3) is 0.419. The van der Waals surface area contributed by atoms with Crippen LogP contribution in [0.3, 0.4) is 0 Å². The van der Waals surface area contributed by atoms with Gasteiger partial charge < -0.3 is 0 Å². The molecule has 3 aromatic carbocycles. The molecule has 1 saturated carbocycles. The molecule has 1 fully saturated rings. The van der Waals surface area contributed by atoms with Crippen molar-refractivity contribution in [2.75, 3.05) is 0 Å². The zero-order valence-electron chi connectivity index (χ0n) is 20.2. The molecule has 0 bridgehead atoms. The minimum absolute atomic E-state index is 0.783. The van der Waals surface area contributed by atoms with E-state index in [9.17, 15) is 0 Å². The van der Waals surface area contributed by atoms with Gasteiger partial charge in [-0.15, -0.1) is 0 Å². The molecular formula is C31H40Sn. The van der Waals surface area contributed by atoms with Crippen LogP contribution in [0.15, 0.2) is 91.0 Å². The molecule has 1 aliphatic carbocycles. The van der Waals surface area contributed by atoms with E-state index in [1.165, 1.54) is 32.6 Å². The molecule has 0 spiro atoms. The molecule has 0 heterocycles. The number of benzene rings is 3. The predicted octanol–water partition coefficient (Wildman–Crippen LogP) is 8.24. The van der Waals surface area contributed by atoms with Crippen LogP contribution >= 0.6 is 0 Å². The summed E-state index contributed by atoms with van der Waals surface area (Å²) in [5.41, 5.74) is 4.74. The SMILES string of the molecule is CC(C)[C@@H]1CC[C@@H](C)C[C@H]1[Sn]([CH2]c1ccccc1)([CH2]c1ccccc1)[CH2]c1ccccc1. The van der Waals surface area contributed by atoms with Crippen LogP contribution < -0.4 is 0 Å². The first-order chi connectivity index (χ1) is 15.6. The Kier molecular flexibility index (Phi) is 8.16. The molecule has 0 amide bonds. The van der Waals surface area contributed by atoms with Crippen LogP contribution in [0.2, 0.25) is 3.93 Å². The average molecular weight is 531 g/mol. The van der Waals surface area contributed by atoms with Crippen molar-refractivity contribution >= 4 is 18.4 Å². The molecule has 0 saturated heterocycles. The third-order valence-electron chi connectivity index (χ3n) is 8.01. The van der Waals surface area contributed by atoms with E-state index in [0.29, 0.717) is 0 Å². The topological polar surface area (TPSA) is 0 Å². The minimum atomic E-state index is -2.81. The zero-order valence-corrected chi connectivity index (χ0v) is 23.1. The van der Waals surface area contributed by atoms with Crippen molar-refractivity contribution in [2.45, 2.75) is 57.3 Å². The Bertz CT molecular complexity index is 831. The van der Waals surface area contributed by atoms with Crippen molar-refractivity contribution in [1.82, 2.24) is 0 Å². The van der Waals surface area contributed by atoms with Crippen molar-refractivity contribution in [3.63, 3.8) is 0 Å². The number of hydrogen-bond donors (Lipinski definition) is 0. The standard InChI is InChI=1S/C10H19.3C7H7.Sn/c1-8(2)10-6-4-9(3)5-7-10;3*1-7-5-3-2-4-6-7;/h6,8-10H,4-5,7H2,1-3H3;3*2-6H,1H2;/t9-,10-;;;;/m0..../s1. The van der Waals surface area contributed by atoms with E-state index in [1.54, 1.807) is 16.7 Å². The van der Waals surface area contributed by atoms with Crippen molar-refractivity contribution in [2.24, 2.45) is 17.8 Å². The van der Waals surface area contributed by atoms with E-state index in [0.717, 1.165) is 21.7 Å². The van der Waals surface area contributed by atoms with Gasteiger partial charge in [-0.3, -0.25) is 0 Å². The first-order valence-corrected chi connectivity index (χ1v) is 20.4. The normalized spacial score (nSPS) is 21.6. The van der Waals surface area contributed by atoms with E-state index in [2.05, 4.69) is 112 Å². The summed E-state index contributed by atoms with van der Waals surface area (Å²) in [4.78, 5) is 0. The Morgan fingerprint density at radius 3 is 1.44 bits per heavy atom. The van der Waals surface area contributed by atoms with Gasteiger partial charge in [-0.2, -0.15) is 0 Å². The second kappa shape index (κ2) is 11.1. The van der Waals surface area contributed by atoms with E-state index < -0.39 is 18.4 Å². The van der Waals surface area contributed by atoms with Gasteiger partial charge in [0.25, 0.3) is 0 Å². The molecule has 0 aliphatic heterocycles. The molecule has 0 unspecified atom stereocenters. The van der Waals surface area contributed by atoms with Gasteiger partial charge in [0.1, 0.15) is 0 Å². The maximum atomic E-state index is 2.52. The Morgan fingerprint density at radius 1 is 0.656 bits per heavy atom. The van der Waals surface area contributed by atoms with Gasteiger partial charge in [0, 0.05) is 0 Å². The summed E-state index contributed by atoms with van der Waals surface area (Å²) in [5.74, 6) is 2.54. The summed E-state index contributed by atoms with van der Waals surface area (Å²) < 4.78 is 5.02. The third kappa shape index (κ3) is 5.87. The van der Waals surface area contributed by atoms with Crippen molar-refractivity contribution in [3.05, 3.63) is 108 Å². The zero-order chi connectivity index (χ0) is 22.4. The summed E-state index contributed by atoms with van der Waals surface area (Å²) in [5, 5.41) is 0. The second-order valence-electron chi connectivity index (χ2n) is 10.8. The summed E-state index contributed by atoms with van der Waals surface area (Å²) in [7, 11) is 0. The van der Waals surface area contributed by atoms with Gasteiger partial charge in [0.2, 0.25) is 0 Å². The van der Waals surface area contributed by atoms with Crippen LogP contribution in [-0.2, 0) is 13.3 Å². The van der Waals surface area contributed by atoms with Crippen molar-refractivity contribution < 1.29 is 0 Å². The van der Waals surface area contributed by atoms with E-state index >= 15 is 0 Å². The van der Waals surface area contributed by atoms with Crippen molar-refractivity contribution in [1.29, 1.82) is 0 Å². The monoisotopic (exact) mass is 532 g/mol. The quantitative estimate of drug-likeness (QED) is 0.257. The molecule has 4 rings (SSSR count). The van der Waals surface area contributed by atoms with Gasteiger partial charge in [0.15, 0.2) is 0 Å². The van der Waals surface area contributed by atoms with Crippen LogP contribution in [0.4, 0.5) is 0 Å². The molecule has 0 aromatic heterocycles. The maximum absolute atomic E-state index is 2.81. The van der Waals surface area contributed by atoms with E-state index in [1.807, 2.05) is 0 Å². The third-order valence-corrected chi connectivity index (χ3v) is 23.9. The van der Waals surface area contributed by atoms with Gasteiger partial charge in [0.05, 0.1) is 0 Å². The molecule has 0 N–H and O–H groups in total. The fourth-order valence-electron chi connectivity index (χ4n) is 6.49. The first kappa shape index (κ1) is 23.6. The van der Waals surface area contributed by atoms with E-state index in [-0.39, 0.29) is 0 Å². The van der Waals surface area contributed by atoms with Crippen LogP contribution in [-0.4, -0.2) is 18.4 Å². The Labute approximate surface area is 200 Å². The Hall–Kier alpha value is -1.54. The molecular weight excluding hydrogens is 491 g/mol. The summed E-state index contributed by atoms with van der Waals surface area (Å²) >= 11 is -2.81. The molecule has 1 aliphatic rings. The number of hydrogen-bond acceptors (Lipinski definition) is 0. The van der Waals surface area contributed by atoms with Gasteiger partial charge >= 0.3 is 201 Å². The van der Waals surface area contributed by atoms with Crippen LogP contribution in [0.25, 0.3) is 0 Å². The average Bonchev–Trinajstić information content (AvgIpc) is 2.81. The van der Waals surface area contributed by atoms with Gasteiger partial charge in [-0.25, -0.2) is 0 Å². The van der Waals surface area contributed by atoms with Crippen LogP contribution in [0.1, 0.15) is 56.7 Å². The molecule has 3 atom stereocenters. The number of rotatable bonds is 8.